The van der Waals surface area contributed by atoms with E-state index >= 15 is 0 Å². The average molecular weight is 339 g/mol. The van der Waals surface area contributed by atoms with Crippen LogP contribution in [0.2, 0.25) is 5.02 Å². The van der Waals surface area contributed by atoms with Gasteiger partial charge in [0, 0.05) is 37.6 Å². The van der Waals surface area contributed by atoms with Gasteiger partial charge < -0.3 is 15.5 Å². The Kier molecular flexibility index (Phi) is 9.14. The number of guanidine groups is 1. The lowest BCUT2D eigenvalue weighted by Crippen LogP contribution is -2.40. The third kappa shape index (κ3) is 6.91. The van der Waals surface area contributed by atoms with E-state index in [1.54, 1.807) is 0 Å². The van der Waals surface area contributed by atoms with Crippen LogP contribution < -0.4 is 10.6 Å². The fraction of sp³-hybridized carbons (Fsp3) is 0.529. The van der Waals surface area contributed by atoms with Gasteiger partial charge in [0.2, 0.25) is 5.91 Å². The van der Waals surface area contributed by atoms with Gasteiger partial charge in [-0.15, -0.1) is 0 Å². The molecule has 0 unspecified atom stereocenters. The van der Waals surface area contributed by atoms with Crippen molar-refractivity contribution >= 4 is 23.5 Å². The van der Waals surface area contributed by atoms with Crippen LogP contribution in [0.15, 0.2) is 29.3 Å². The molecule has 0 saturated heterocycles. The van der Waals surface area contributed by atoms with Crippen LogP contribution in [-0.4, -0.2) is 42.9 Å². The number of benzene rings is 1. The second-order valence-corrected chi connectivity index (χ2v) is 5.44. The van der Waals surface area contributed by atoms with Gasteiger partial charge in [-0.3, -0.25) is 4.79 Å². The zero-order chi connectivity index (χ0) is 17.1. The van der Waals surface area contributed by atoms with E-state index in [2.05, 4.69) is 15.6 Å². The third-order valence-corrected chi connectivity index (χ3v) is 3.83. The molecule has 0 atom stereocenters. The Morgan fingerprint density at radius 3 is 2.48 bits per heavy atom. The first-order chi connectivity index (χ1) is 11.1. The predicted octanol–water partition coefficient (Wildman–Crippen LogP) is 2.65. The van der Waals surface area contributed by atoms with E-state index in [1.165, 1.54) is 0 Å². The molecule has 0 bridgehead atoms. The maximum absolute atomic E-state index is 12.0. The number of hydrogen-bond donors (Lipinski definition) is 2. The first kappa shape index (κ1) is 19.3. The summed E-state index contributed by atoms with van der Waals surface area (Å²) in [4.78, 5) is 18.3. The summed E-state index contributed by atoms with van der Waals surface area (Å²) >= 11 is 6.14. The molecule has 0 saturated carbocycles. The molecule has 0 fully saturated rings. The minimum atomic E-state index is 0.157. The number of nitrogens with one attached hydrogen (secondary N) is 2. The average Bonchev–Trinajstić information content (AvgIpc) is 2.55. The Morgan fingerprint density at radius 1 is 1.17 bits per heavy atom. The van der Waals surface area contributed by atoms with Gasteiger partial charge in [0.1, 0.15) is 0 Å². The van der Waals surface area contributed by atoms with E-state index < -0.39 is 0 Å². The van der Waals surface area contributed by atoms with Crippen molar-refractivity contribution in [3.8, 4) is 0 Å². The second-order valence-electron chi connectivity index (χ2n) is 5.03. The highest BCUT2D eigenvalue weighted by Crippen LogP contribution is 2.15. The topological polar surface area (TPSA) is 56.7 Å². The quantitative estimate of drug-likeness (QED) is 0.566. The summed E-state index contributed by atoms with van der Waals surface area (Å²) < 4.78 is 0. The molecule has 0 aliphatic carbocycles. The van der Waals surface area contributed by atoms with Crippen LogP contribution in [0.1, 0.15) is 32.8 Å². The van der Waals surface area contributed by atoms with Gasteiger partial charge in [-0.05, 0) is 32.4 Å². The number of aliphatic imine (C=N–C) groups is 1. The van der Waals surface area contributed by atoms with Crippen LogP contribution in [-0.2, 0) is 11.3 Å². The maximum Gasteiger partial charge on any atom is 0.224 e. The molecule has 128 valence electrons. The molecule has 0 aliphatic heterocycles. The molecule has 0 radical (unpaired) electrons. The van der Waals surface area contributed by atoms with Gasteiger partial charge in [0.15, 0.2) is 5.96 Å². The van der Waals surface area contributed by atoms with E-state index in [4.69, 9.17) is 11.6 Å². The van der Waals surface area contributed by atoms with E-state index in [-0.39, 0.29) is 5.91 Å². The number of rotatable bonds is 8. The number of amides is 1. The van der Waals surface area contributed by atoms with Gasteiger partial charge in [0.05, 0.1) is 6.54 Å². The van der Waals surface area contributed by atoms with Gasteiger partial charge >= 0.3 is 0 Å². The molecule has 5 nitrogen and oxygen atoms in total. The number of carbonyl (C=O) groups excluding carboxylic acids is 1. The highest BCUT2D eigenvalue weighted by molar-refractivity contribution is 6.31. The lowest BCUT2D eigenvalue weighted by molar-refractivity contribution is -0.130. The van der Waals surface area contributed by atoms with Crippen LogP contribution in [0.25, 0.3) is 0 Å². The first-order valence-corrected chi connectivity index (χ1v) is 8.53. The Labute approximate surface area is 144 Å². The lowest BCUT2D eigenvalue weighted by atomic mass is 10.2. The summed E-state index contributed by atoms with van der Waals surface area (Å²) in [6.45, 7) is 9.30. The Balaban J connectivity index is 2.53. The van der Waals surface area contributed by atoms with Crippen molar-refractivity contribution in [1.82, 2.24) is 15.5 Å². The Hall–Kier alpha value is -1.75. The molecule has 6 heteroatoms. The van der Waals surface area contributed by atoms with Crippen LogP contribution in [0.5, 0.6) is 0 Å². The SMILES string of the molecule is CCNC(=NCc1ccccc1Cl)NCCC(=O)N(CC)CC. The smallest absolute Gasteiger partial charge is 0.224 e. The molecule has 23 heavy (non-hydrogen) atoms. The number of nitrogens with zero attached hydrogens (tertiary/aromatic N) is 2. The summed E-state index contributed by atoms with van der Waals surface area (Å²) in [6, 6.07) is 7.66. The summed E-state index contributed by atoms with van der Waals surface area (Å²) in [6.07, 6.45) is 0.457. The maximum atomic E-state index is 12.0. The van der Waals surface area contributed by atoms with Crippen molar-refractivity contribution in [2.75, 3.05) is 26.2 Å². The molecule has 0 aliphatic rings. The molecule has 2 N–H and O–H groups in total. The molecular formula is C17H27ClN4O. The molecule has 1 rings (SSSR count). The van der Waals surface area contributed by atoms with Crippen molar-refractivity contribution in [3.05, 3.63) is 34.9 Å². The Morgan fingerprint density at radius 2 is 1.87 bits per heavy atom. The zero-order valence-corrected chi connectivity index (χ0v) is 15.0. The summed E-state index contributed by atoms with van der Waals surface area (Å²) in [5.74, 6) is 0.851. The van der Waals surface area contributed by atoms with E-state index in [0.29, 0.717) is 30.5 Å². The highest BCUT2D eigenvalue weighted by Gasteiger charge is 2.09. The predicted molar refractivity (Wildman–Crippen MR) is 96.8 cm³/mol. The number of carbonyl (C=O) groups is 1. The van der Waals surface area contributed by atoms with Gasteiger partial charge in [0.25, 0.3) is 0 Å². The first-order valence-electron chi connectivity index (χ1n) is 8.15. The van der Waals surface area contributed by atoms with Crippen molar-refractivity contribution in [3.63, 3.8) is 0 Å². The standard InChI is InChI=1S/C17H27ClN4O/c1-4-19-17(20-12-11-16(23)22(5-2)6-3)21-13-14-9-7-8-10-15(14)18/h7-10H,4-6,11-13H2,1-3H3,(H2,19,20,21). The largest absolute Gasteiger partial charge is 0.357 e. The second kappa shape index (κ2) is 10.9. The molecule has 0 heterocycles. The summed E-state index contributed by atoms with van der Waals surface area (Å²) in [7, 11) is 0. The fourth-order valence-electron chi connectivity index (χ4n) is 2.15. The molecule has 1 aromatic carbocycles. The molecule has 0 aromatic heterocycles. The highest BCUT2D eigenvalue weighted by atomic mass is 35.5. The van der Waals surface area contributed by atoms with Crippen LogP contribution in [0.3, 0.4) is 0 Å². The van der Waals surface area contributed by atoms with Gasteiger partial charge in [-0.2, -0.15) is 0 Å². The normalized spacial score (nSPS) is 11.2. The lowest BCUT2D eigenvalue weighted by Gasteiger charge is -2.19. The van der Waals surface area contributed by atoms with Crippen molar-refractivity contribution in [2.45, 2.75) is 33.7 Å². The summed E-state index contributed by atoms with van der Waals surface area (Å²) in [5.41, 5.74) is 0.977. The Bertz CT molecular complexity index is 515. The van der Waals surface area contributed by atoms with Crippen LogP contribution in [0, 0.1) is 0 Å². The van der Waals surface area contributed by atoms with Gasteiger partial charge in [-0.25, -0.2) is 4.99 Å². The van der Waals surface area contributed by atoms with E-state index in [1.807, 2.05) is 49.9 Å². The zero-order valence-electron chi connectivity index (χ0n) is 14.2. The molecule has 1 aromatic rings. The van der Waals surface area contributed by atoms with E-state index in [0.717, 1.165) is 25.2 Å². The molecule has 0 spiro atoms. The third-order valence-electron chi connectivity index (χ3n) is 3.46. The van der Waals surface area contributed by atoms with Crippen LogP contribution >= 0.6 is 11.6 Å². The van der Waals surface area contributed by atoms with Crippen molar-refractivity contribution < 1.29 is 4.79 Å². The molecular weight excluding hydrogens is 312 g/mol. The number of hydrogen-bond acceptors (Lipinski definition) is 2. The van der Waals surface area contributed by atoms with Gasteiger partial charge in [-0.1, -0.05) is 29.8 Å². The summed E-state index contributed by atoms with van der Waals surface area (Å²) in [5, 5.41) is 7.08. The van der Waals surface area contributed by atoms with Crippen LogP contribution in [0.4, 0.5) is 0 Å². The fourth-order valence-corrected chi connectivity index (χ4v) is 2.35. The minimum Gasteiger partial charge on any atom is -0.357 e. The number of halogens is 1. The molecule has 1 amide bonds. The van der Waals surface area contributed by atoms with Crippen molar-refractivity contribution in [2.24, 2.45) is 4.99 Å². The minimum absolute atomic E-state index is 0.157. The monoisotopic (exact) mass is 338 g/mol. The van der Waals surface area contributed by atoms with Crippen molar-refractivity contribution in [1.29, 1.82) is 0 Å². The van der Waals surface area contributed by atoms with E-state index in [9.17, 15) is 4.79 Å².